The van der Waals surface area contributed by atoms with E-state index in [1.165, 1.54) is 23.1 Å². The number of nitrogens with zero attached hydrogens (tertiary/aromatic N) is 3. The van der Waals surface area contributed by atoms with Gasteiger partial charge in [0.15, 0.2) is 5.69 Å². The van der Waals surface area contributed by atoms with Crippen molar-refractivity contribution in [3.05, 3.63) is 68.4 Å². The highest BCUT2D eigenvalue weighted by Gasteiger charge is 2.20. The third-order valence-electron chi connectivity index (χ3n) is 3.92. The van der Waals surface area contributed by atoms with Crippen LogP contribution < -0.4 is 0 Å². The lowest BCUT2D eigenvalue weighted by Gasteiger charge is -2.17. The number of fused-ring (bicyclic) bond motifs is 1. The van der Waals surface area contributed by atoms with Crippen molar-refractivity contribution in [2.75, 3.05) is 7.05 Å². The van der Waals surface area contributed by atoms with E-state index in [9.17, 15) is 14.9 Å². The SMILES string of the molecule is Cc1ccc2[nH]nc(C(=O)N(C)Cc3cc([N+](=O)[O-])ccc3Cl)c2c1. The zero-order valence-electron chi connectivity index (χ0n) is 13.6. The summed E-state index contributed by atoms with van der Waals surface area (Å²) < 4.78 is 0. The predicted octanol–water partition coefficient (Wildman–Crippen LogP) is 3.71. The first-order valence-corrected chi connectivity index (χ1v) is 7.87. The fraction of sp³-hybridized carbons (Fsp3) is 0.176. The number of carbonyl (C=O) groups is 1. The number of nitrogens with one attached hydrogen (secondary N) is 1. The summed E-state index contributed by atoms with van der Waals surface area (Å²) in [5.41, 5.74) is 2.54. The van der Waals surface area contributed by atoms with E-state index >= 15 is 0 Å². The molecule has 0 unspecified atom stereocenters. The molecule has 0 aliphatic carbocycles. The summed E-state index contributed by atoms with van der Waals surface area (Å²) >= 11 is 6.11. The van der Waals surface area contributed by atoms with E-state index in [1.54, 1.807) is 7.05 Å². The first-order chi connectivity index (χ1) is 11.9. The molecule has 0 aliphatic heterocycles. The van der Waals surface area contributed by atoms with Gasteiger partial charge in [0, 0.05) is 36.1 Å². The molecule has 0 saturated heterocycles. The molecule has 0 aliphatic rings. The second kappa shape index (κ2) is 6.52. The zero-order chi connectivity index (χ0) is 18.1. The average Bonchev–Trinajstić information content (AvgIpc) is 2.98. The monoisotopic (exact) mass is 358 g/mol. The Morgan fingerprint density at radius 3 is 2.80 bits per heavy atom. The lowest BCUT2D eigenvalue weighted by atomic mass is 10.1. The molecule has 0 spiro atoms. The minimum absolute atomic E-state index is 0.0684. The normalized spacial score (nSPS) is 10.8. The van der Waals surface area contributed by atoms with Crippen LogP contribution >= 0.6 is 11.6 Å². The van der Waals surface area contributed by atoms with Gasteiger partial charge in [-0.2, -0.15) is 5.10 Å². The fourth-order valence-corrected chi connectivity index (χ4v) is 2.77. The highest BCUT2D eigenvalue weighted by molar-refractivity contribution is 6.31. The van der Waals surface area contributed by atoms with Crippen LogP contribution in [0.1, 0.15) is 21.6 Å². The Hall–Kier alpha value is -2.93. The van der Waals surface area contributed by atoms with Crippen LogP contribution in [0.2, 0.25) is 5.02 Å². The molecule has 128 valence electrons. The van der Waals surface area contributed by atoms with Crippen LogP contribution in [-0.2, 0) is 6.54 Å². The van der Waals surface area contributed by atoms with Crippen molar-refractivity contribution in [3.8, 4) is 0 Å². The number of amides is 1. The average molecular weight is 359 g/mol. The molecule has 7 nitrogen and oxygen atoms in total. The third kappa shape index (κ3) is 3.32. The summed E-state index contributed by atoms with van der Waals surface area (Å²) in [6.45, 7) is 2.08. The molecule has 0 bridgehead atoms. The smallest absolute Gasteiger partial charge is 0.275 e. The number of aromatic amines is 1. The van der Waals surface area contributed by atoms with E-state index in [-0.39, 0.29) is 18.1 Å². The van der Waals surface area contributed by atoms with Gasteiger partial charge < -0.3 is 4.90 Å². The topological polar surface area (TPSA) is 92.1 Å². The number of rotatable bonds is 4. The predicted molar refractivity (Wildman–Crippen MR) is 94.7 cm³/mol. The van der Waals surface area contributed by atoms with Gasteiger partial charge in [-0.3, -0.25) is 20.0 Å². The van der Waals surface area contributed by atoms with Crippen molar-refractivity contribution in [2.24, 2.45) is 0 Å². The van der Waals surface area contributed by atoms with Crippen molar-refractivity contribution >= 4 is 34.1 Å². The van der Waals surface area contributed by atoms with Gasteiger partial charge in [0.1, 0.15) is 0 Å². The molecule has 1 amide bonds. The van der Waals surface area contributed by atoms with Gasteiger partial charge in [-0.1, -0.05) is 23.2 Å². The Bertz CT molecular complexity index is 983. The van der Waals surface area contributed by atoms with E-state index in [1.807, 2.05) is 25.1 Å². The third-order valence-corrected chi connectivity index (χ3v) is 4.28. The van der Waals surface area contributed by atoms with Crippen molar-refractivity contribution in [2.45, 2.75) is 13.5 Å². The number of halogens is 1. The number of carbonyl (C=O) groups excluding carboxylic acids is 1. The summed E-state index contributed by atoms with van der Waals surface area (Å²) in [6, 6.07) is 9.85. The van der Waals surface area contributed by atoms with Crippen LogP contribution in [0.4, 0.5) is 5.69 Å². The van der Waals surface area contributed by atoms with Crippen LogP contribution in [0.5, 0.6) is 0 Å². The standard InChI is InChI=1S/C17H15ClN4O3/c1-10-3-6-15-13(7-10)16(20-19-15)17(23)21(2)9-11-8-12(22(24)25)4-5-14(11)18/h3-8H,9H2,1-2H3,(H,19,20). The van der Waals surface area contributed by atoms with Gasteiger partial charge in [-0.25, -0.2) is 0 Å². The second-order valence-corrected chi connectivity index (χ2v) is 6.22. The molecular formula is C17H15ClN4O3. The first kappa shape index (κ1) is 16.9. The molecule has 0 saturated carbocycles. The molecular weight excluding hydrogens is 344 g/mol. The molecule has 1 N–H and O–H groups in total. The molecule has 0 atom stereocenters. The summed E-state index contributed by atoms with van der Waals surface area (Å²) in [7, 11) is 1.60. The van der Waals surface area contributed by atoms with E-state index in [4.69, 9.17) is 11.6 Å². The lowest BCUT2D eigenvalue weighted by Crippen LogP contribution is -2.26. The maximum absolute atomic E-state index is 12.7. The number of benzene rings is 2. The Morgan fingerprint density at radius 2 is 2.08 bits per heavy atom. The summed E-state index contributed by atoms with van der Waals surface area (Å²) in [6.07, 6.45) is 0. The van der Waals surface area contributed by atoms with Crippen LogP contribution in [0.3, 0.4) is 0 Å². The minimum atomic E-state index is -0.494. The van der Waals surface area contributed by atoms with Crippen molar-refractivity contribution < 1.29 is 9.72 Å². The number of non-ortho nitro benzene ring substituents is 1. The molecule has 8 heteroatoms. The highest BCUT2D eigenvalue weighted by atomic mass is 35.5. The lowest BCUT2D eigenvalue weighted by molar-refractivity contribution is -0.384. The molecule has 25 heavy (non-hydrogen) atoms. The molecule has 2 aromatic carbocycles. The van der Waals surface area contributed by atoms with Crippen LogP contribution in [0.15, 0.2) is 36.4 Å². The maximum atomic E-state index is 12.7. The molecule has 1 aromatic heterocycles. The van der Waals surface area contributed by atoms with E-state index < -0.39 is 4.92 Å². The number of hydrogen-bond acceptors (Lipinski definition) is 4. The van der Waals surface area contributed by atoms with Crippen LogP contribution in [-0.4, -0.2) is 33.0 Å². The van der Waals surface area contributed by atoms with Gasteiger partial charge in [0.05, 0.1) is 10.4 Å². The first-order valence-electron chi connectivity index (χ1n) is 7.50. The van der Waals surface area contributed by atoms with E-state index in [2.05, 4.69) is 10.2 Å². The van der Waals surface area contributed by atoms with Crippen molar-refractivity contribution in [3.63, 3.8) is 0 Å². The number of H-pyrrole nitrogens is 1. The summed E-state index contributed by atoms with van der Waals surface area (Å²) in [5.74, 6) is -0.292. The van der Waals surface area contributed by atoms with Crippen LogP contribution in [0, 0.1) is 17.0 Å². The molecule has 1 heterocycles. The Morgan fingerprint density at radius 1 is 1.32 bits per heavy atom. The molecule has 3 aromatic rings. The zero-order valence-corrected chi connectivity index (χ0v) is 14.4. The number of nitro benzene ring substituents is 1. The van der Waals surface area contributed by atoms with E-state index in [0.717, 1.165) is 16.5 Å². The quantitative estimate of drug-likeness (QED) is 0.568. The molecule has 0 radical (unpaired) electrons. The van der Waals surface area contributed by atoms with E-state index in [0.29, 0.717) is 16.3 Å². The number of hydrogen-bond donors (Lipinski definition) is 1. The summed E-state index contributed by atoms with van der Waals surface area (Å²) in [4.78, 5) is 24.6. The maximum Gasteiger partial charge on any atom is 0.275 e. The van der Waals surface area contributed by atoms with Gasteiger partial charge in [-0.05, 0) is 30.7 Å². The van der Waals surface area contributed by atoms with Gasteiger partial charge in [0.25, 0.3) is 11.6 Å². The van der Waals surface area contributed by atoms with Gasteiger partial charge >= 0.3 is 0 Å². The minimum Gasteiger partial charge on any atom is -0.336 e. The van der Waals surface area contributed by atoms with Crippen molar-refractivity contribution in [1.82, 2.24) is 15.1 Å². The van der Waals surface area contributed by atoms with Gasteiger partial charge in [-0.15, -0.1) is 0 Å². The number of aryl methyl sites for hydroxylation is 1. The second-order valence-electron chi connectivity index (χ2n) is 5.82. The van der Waals surface area contributed by atoms with Crippen molar-refractivity contribution in [1.29, 1.82) is 0 Å². The Balaban J connectivity index is 1.89. The highest BCUT2D eigenvalue weighted by Crippen LogP contribution is 2.24. The number of nitro groups is 1. The fourth-order valence-electron chi connectivity index (χ4n) is 2.59. The summed E-state index contributed by atoms with van der Waals surface area (Å²) in [5, 5.41) is 19.0. The largest absolute Gasteiger partial charge is 0.336 e. The number of aromatic nitrogens is 2. The van der Waals surface area contributed by atoms with Crippen LogP contribution in [0.25, 0.3) is 10.9 Å². The molecule has 3 rings (SSSR count). The van der Waals surface area contributed by atoms with Gasteiger partial charge in [0.2, 0.25) is 0 Å². The Kier molecular flexibility index (Phi) is 4.41. The molecule has 0 fully saturated rings. The Labute approximate surface area is 148 Å².